The number of ether oxygens (including phenoxy) is 1. The molecule has 6 heteroatoms. The Balaban J connectivity index is 1.94. The van der Waals surface area contributed by atoms with Gasteiger partial charge in [-0.1, -0.05) is 41.9 Å². The van der Waals surface area contributed by atoms with E-state index in [0.717, 1.165) is 15.6 Å². The number of benzene rings is 2. The lowest BCUT2D eigenvalue weighted by molar-refractivity contribution is -0.123. The SMILES string of the molecule is Cc1ccc(C(C)C)c(OCC(=O)N/N=C/c2cc(Br)ccc2O)c1. The van der Waals surface area contributed by atoms with Gasteiger partial charge >= 0.3 is 0 Å². The Morgan fingerprint density at radius 2 is 2.08 bits per heavy atom. The Morgan fingerprint density at radius 3 is 2.80 bits per heavy atom. The summed E-state index contributed by atoms with van der Waals surface area (Å²) in [5.74, 6) is 0.718. The molecule has 132 valence electrons. The van der Waals surface area contributed by atoms with Gasteiger partial charge in [-0.2, -0.15) is 5.10 Å². The van der Waals surface area contributed by atoms with Crippen LogP contribution >= 0.6 is 15.9 Å². The zero-order chi connectivity index (χ0) is 18.4. The summed E-state index contributed by atoms with van der Waals surface area (Å²) in [6.07, 6.45) is 1.38. The molecule has 5 nitrogen and oxygen atoms in total. The van der Waals surface area contributed by atoms with Crippen LogP contribution in [0.3, 0.4) is 0 Å². The fourth-order valence-corrected chi connectivity index (χ4v) is 2.60. The summed E-state index contributed by atoms with van der Waals surface area (Å²) in [4.78, 5) is 11.9. The van der Waals surface area contributed by atoms with E-state index >= 15 is 0 Å². The topological polar surface area (TPSA) is 70.9 Å². The van der Waals surface area contributed by atoms with E-state index in [4.69, 9.17) is 4.74 Å². The van der Waals surface area contributed by atoms with Gasteiger partial charge in [-0.3, -0.25) is 4.79 Å². The first-order chi connectivity index (χ1) is 11.9. The third-order valence-corrected chi connectivity index (χ3v) is 4.03. The summed E-state index contributed by atoms with van der Waals surface area (Å²) >= 11 is 3.31. The smallest absolute Gasteiger partial charge is 0.277 e. The van der Waals surface area contributed by atoms with E-state index in [-0.39, 0.29) is 18.3 Å². The molecule has 2 rings (SSSR count). The van der Waals surface area contributed by atoms with Crippen LogP contribution in [-0.4, -0.2) is 23.8 Å². The second-order valence-corrected chi connectivity index (χ2v) is 6.90. The summed E-state index contributed by atoms with van der Waals surface area (Å²) in [6, 6.07) is 10.9. The minimum absolute atomic E-state index is 0.0822. The van der Waals surface area contributed by atoms with E-state index in [2.05, 4.69) is 40.3 Å². The van der Waals surface area contributed by atoms with E-state index in [0.29, 0.717) is 17.2 Å². The average molecular weight is 405 g/mol. The molecular weight excluding hydrogens is 384 g/mol. The molecule has 0 bridgehead atoms. The van der Waals surface area contributed by atoms with Crippen molar-refractivity contribution in [2.24, 2.45) is 5.10 Å². The van der Waals surface area contributed by atoms with Gasteiger partial charge in [0.15, 0.2) is 6.61 Å². The number of hydrazone groups is 1. The standard InChI is InChI=1S/C19H21BrN2O3/c1-12(2)16-6-4-13(3)8-18(16)25-11-19(24)22-21-10-14-9-15(20)5-7-17(14)23/h4-10,12,23H,11H2,1-3H3,(H,22,24)/b21-10+. The minimum atomic E-state index is -0.373. The highest BCUT2D eigenvalue weighted by Gasteiger charge is 2.10. The molecule has 0 unspecified atom stereocenters. The highest BCUT2D eigenvalue weighted by molar-refractivity contribution is 9.10. The maximum Gasteiger partial charge on any atom is 0.277 e. The largest absolute Gasteiger partial charge is 0.507 e. The van der Waals surface area contributed by atoms with E-state index < -0.39 is 0 Å². The third-order valence-electron chi connectivity index (χ3n) is 3.53. The maximum atomic E-state index is 11.9. The fraction of sp³-hybridized carbons (Fsp3) is 0.263. The molecule has 0 radical (unpaired) electrons. The van der Waals surface area contributed by atoms with Crippen LogP contribution in [0.15, 0.2) is 46.0 Å². The second kappa shape index (κ2) is 8.67. The van der Waals surface area contributed by atoms with Crippen LogP contribution in [0.2, 0.25) is 0 Å². The van der Waals surface area contributed by atoms with Gasteiger partial charge in [-0.05, 0) is 48.2 Å². The molecule has 0 aliphatic heterocycles. The molecule has 0 aliphatic rings. The summed E-state index contributed by atoms with van der Waals surface area (Å²) in [7, 11) is 0. The van der Waals surface area contributed by atoms with Gasteiger partial charge < -0.3 is 9.84 Å². The zero-order valence-corrected chi connectivity index (χ0v) is 16.0. The molecule has 2 aromatic rings. The predicted molar refractivity (Wildman–Crippen MR) is 102 cm³/mol. The van der Waals surface area contributed by atoms with Crippen molar-refractivity contribution in [1.29, 1.82) is 0 Å². The van der Waals surface area contributed by atoms with Crippen molar-refractivity contribution in [3.05, 3.63) is 57.6 Å². The summed E-state index contributed by atoms with van der Waals surface area (Å²) in [5, 5.41) is 13.6. The number of phenolic OH excluding ortho intramolecular Hbond substituents is 1. The monoisotopic (exact) mass is 404 g/mol. The Morgan fingerprint density at radius 1 is 1.32 bits per heavy atom. The number of rotatable bonds is 6. The van der Waals surface area contributed by atoms with Crippen LogP contribution < -0.4 is 10.2 Å². The van der Waals surface area contributed by atoms with E-state index in [1.54, 1.807) is 18.2 Å². The van der Waals surface area contributed by atoms with Crippen molar-refractivity contribution in [2.75, 3.05) is 6.61 Å². The number of carbonyl (C=O) groups excluding carboxylic acids is 1. The molecule has 0 atom stereocenters. The van der Waals surface area contributed by atoms with Gasteiger partial charge in [0.1, 0.15) is 11.5 Å². The summed E-state index contributed by atoms with van der Waals surface area (Å²) in [6.45, 7) is 6.00. The second-order valence-electron chi connectivity index (χ2n) is 5.98. The Kier molecular flexibility index (Phi) is 6.58. The molecule has 0 spiro atoms. The minimum Gasteiger partial charge on any atom is -0.507 e. The highest BCUT2D eigenvalue weighted by Crippen LogP contribution is 2.27. The van der Waals surface area contributed by atoms with Crippen LogP contribution in [0, 0.1) is 6.92 Å². The van der Waals surface area contributed by atoms with Crippen molar-refractivity contribution in [2.45, 2.75) is 26.7 Å². The number of phenols is 1. The van der Waals surface area contributed by atoms with Crippen molar-refractivity contribution in [3.8, 4) is 11.5 Å². The van der Waals surface area contributed by atoms with E-state index in [1.807, 2.05) is 25.1 Å². The Labute approximate surface area is 155 Å². The number of carbonyl (C=O) groups is 1. The molecule has 0 saturated carbocycles. The fourth-order valence-electron chi connectivity index (χ4n) is 2.22. The number of nitrogens with zero attached hydrogens (tertiary/aromatic N) is 1. The number of nitrogens with one attached hydrogen (secondary N) is 1. The van der Waals surface area contributed by atoms with E-state index in [9.17, 15) is 9.90 Å². The molecule has 1 amide bonds. The van der Waals surface area contributed by atoms with Crippen LogP contribution in [0.25, 0.3) is 0 Å². The van der Waals surface area contributed by atoms with Crippen LogP contribution in [0.4, 0.5) is 0 Å². The first kappa shape index (κ1) is 19.0. The van der Waals surface area contributed by atoms with Crippen LogP contribution in [0.5, 0.6) is 11.5 Å². The molecular formula is C19H21BrN2O3. The first-order valence-corrected chi connectivity index (χ1v) is 8.70. The molecule has 0 fully saturated rings. The van der Waals surface area contributed by atoms with Crippen LogP contribution in [-0.2, 0) is 4.79 Å². The molecule has 0 aliphatic carbocycles. The third kappa shape index (κ3) is 5.60. The number of hydrogen-bond acceptors (Lipinski definition) is 4. The molecule has 0 heterocycles. The van der Waals surface area contributed by atoms with Crippen LogP contribution in [0.1, 0.15) is 36.5 Å². The number of aromatic hydroxyl groups is 1. The quantitative estimate of drug-likeness (QED) is 0.561. The van der Waals surface area contributed by atoms with Crippen molar-refractivity contribution in [1.82, 2.24) is 5.43 Å². The van der Waals surface area contributed by atoms with Gasteiger partial charge in [0.2, 0.25) is 0 Å². The van der Waals surface area contributed by atoms with Crippen molar-refractivity contribution in [3.63, 3.8) is 0 Å². The van der Waals surface area contributed by atoms with E-state index in [1.165, 1.54) is 6.21 Å². The summed E-state index contributed by atoms with van der Waals surface area (Å²) in [5.41, 5.74) is 5.02. The number of hydrogen-bond donors (Lipinski definition) is 2. The molecule has 0 saturated heterocycles. The van der Waals surface area contributed by atoms with Gasteiger partial charge in [-0.25, -0.2) is 5.43 Å². The Bertz CT molecular complexity index is 788. The number of amides is 1. The highest BCUT2D eigenvalue weighted by atomic mass is 79.9. The maximum absolute atomic E-state index is 11.9. The zero-order valence-electron chi connectivity index (χ0n) is 14.4. The van der Waals surface area contributed by atoms with Crippen molar-refractivity contribution >= 4 is 28.1 Å². The molecule has 25 heavy (non-hydrogen) atoms. The van der Waals surface area contributed by atoms with Gasteiger partial charge in [0, 0.05) is 10.0 Å². The predicted octanol–water partition coefficient (Wildman–Crippen LogP) is 4.12. The number of aryl methyl sites for hydroxylation is 1. The normalized spacial score (nSPS) is 11.1. The molecule has 0 aromatic heterocycles. The van der Waals surface area contributed by atoms with Gasteiger partial charge in [0.25, 0.3) is 5.91 Å². The molecule has 2 N–H and O–H groups in total. The molecule has 2 aromatic carbocycles. The lowest BCUT2D eigenvalue weighted by Crippen LogP contribution is -2.25. The van der Waals surface area contributed by atoms with Crippen molar-refractivity contribution < 1.29 is 14.6 Å². The van der Waals surface area contributed by atoms with Gasteiger partial charge in [-0.15, -0.1) is 0 Å². The first-order valence-electron chi connectivity index (χ1n) is 7.90. The summed E-state index contributed by atoms with van der Waals surface area (Å²) < 4.78 is 6.45. The Hall–Kier alpha value is -2.34. The number of halogens is 1. The van der Waals surface area contributed by atoms with Gasteiger partial charge in [0.05, 0.1) is 6.21 Å². The average Bonchev–Trinajstić information content (AvgIpc) is 2.56. The lowest BCUT2D eigenvalue weighted by Gasteiger charge is -2.14. The lowest BCUT2D eigenvalue weighted by atomic mass is 10.0.